The number of rotatable bonds is 8. The van der Waals surface area contributed by atoms with Gasteiger partial charge in [0.1, 0.15) is 38.9 Å². The number of nitriles is 2. The number of ether oxygens (including phenoxy) is 3. The van der Waals surface area contributed by atoms with Gasteiger partial charge < -0.3 is 19.1 Å². The fraction of sp³-hybridized carbons (Fsp3) is 0.353. The molecule has 0 N–H and O–H groups in total. The summed E-state index contributed by atoms with van der Waals surface area (Å²) in [6.45, 7) is 2.78. The topological polar surface area (TPSA) is 97.4 Å². The van der Waals surface area contributed by atoms with Crippen molar-refractivity contribution >= 4 is 23.0 Å². The van der Waals surface area contributed by atoms with Crippen molar-refractivity contribution in [3.63, 3.8) is 0 Å². The molecule has 2 bridgehead atoms. The molecule has 9 nitrogen and oxygen atoms in total. The average Bonchev–Trinajstić information content (AvgIpc) is 3.07. The Kier molecular flexibility index (Phi) is 8.00. The van der Waals surface area contributed by atoms with Crippen molar-refractivity contribution < 1.29 is 14.2 Å². The minimum atomic E-state index is -1.19. The lowest BCUT2D eigenvalue weighted by Gasteiger charge is -2.60. The lowest BCUT2D eigenvalue weighted by atomic mass is 9.53. The number of para-hydroxylation sites is 1. The van der Waals surface area contributed by atoms with E-state index in [2.05, 4.69) is 21.9 Å². The Morgan fingerprint density at radius 1 is 0.795 bits per heavy atom. The third kappa shape index (κ3) is 4.86. The van der Waals surface area contributed by atoms with E-state index in [1.807, 2.05) is 77.7 Å². The molecule has 3 aromatic carbocycles. The summed E-state index contributed by atoms with van der Waals surface area (Å²) in [5.74, 6) is 2.26. The predicted octanol–water partition coefficient (Wildman–Crippen LogP) is 4.80. The first-order valence-electron chi connectivity index (χ1n) is 14.4. The van der Waals surface area contributed by atoms with Gasteiger partial charge in [0.05, 0.1) is 46.8 Å². The number of hydrogen-bond acceptors (Lipinski definition) is 9. The average molecular weight is 607 g/mol. The van der Waals surface area contributed by atoms with Gasteiger partial charge in [-0.05, 0) is 41.5 Å². The van der Waals surface area contributed by atoms with Gasteiger partial charge in [-0.25, -0.2) is 0 Å². The van der Waals surface area contributed by atoms with Gasteiger partial charge in [-0.1, -0.05) is 54.7 Å². The van der Waals surface area contributed by atoms with E-state index in [-0.39, 0.29) is 0 Å². The molecule has 3 heterocycles. The number of thiocarbonyl (C=S) groups is 1. The van der Waals surface area contributed by atoms with Crippen LogP contribution in [0, 0.1) is 33.5 Å². The zero-order valence-electron chi connectivity index (χ0n) is 25.1. The summed E-state index contributed by atoms with van der Waals surface area (Å²) in [7, 11) is 4.91. The Bertz CT molecular complexity index is 1660. The Labute approximate surface area is 263 Å². The highest BCUT2D eigenvalue weighted by Crippen LogP contribution is 2.59. The van der Waals surface area contributed by atoms with Crippen molar-refractivity contribution in [2.75, 3.05) is 47.8 Å². The van der Waals surface area contributed by atoms with Gasteiger partial charge in [-0.2, -0.15) is 10.5 Å². The summed E-state index contributed by atoms with van der Waals surface area (Å²) in [6.07, 6.45) is 0. The number of piperidine rings is 2. The van der Waals surface area contributed by atoms with Gasteiger partial charge in [0.15, 0.2) is 0 Å². The summed E-state index contributed by atoms with van der Waals surface area (Å²) in [5, 5.41) is 22.3. The van der Waals surface area contributed by atoms with Gasteiger partial charge in [0.25, 0.3) is 0 Å². The SMILES string of the molecule is COc1ccc(CN2CN=C3N(C2)C(=S)C2(C#N)CN(Cc4ccc(OC)cc4)CC3(C#N)C2c2ccccc2OC)cc1. The normalized spacial score (nSPS) is 24.8. The summed E-state index contributed by atoms with van der Waals surface area (Å²) in [6, 6.07) is 28.8. The molecule has 0 amide bonds. The smallest absolute Gasteiger partial charge is 0.136 e. The van der Waals surface area contributed by atoms with Crippen LogP contribution in [0.15, 0.2) is 77.8 Å². The first-order chi connectivity index (χ1) is 21.4. The second-order valence-electron chi connectivity index (χ2n) is 11.5. The van der Waals surface area contributed by atoms with Gasteiger partial charge in [-0.15, -0.1) is 0 Å². The quantitative estimate of drug-likeness (QED) is 0.335. The molecular formula is C34H34N6O3S. The standard InChI is InChI=1S/C34H34N6O3S/c1-41-26-12-8-24(9-13-26)16-38-20-33(18-35)30(28-6-4-5-7-29(28)43-3)34(19-36,21-38)32(44)40-23-39(22-37-31(33)40)17-25-10-14-27(42-2)15-11-25/h4-15,30H,16-17,20-23H2,1-3H3. The maximum Gasteiger partial charge on any atom is 0.136 e. The minimum Gasteiger partial charge on any atom is -0.497 e. The Morgan fingerprint density at radius 3 is 1.93 bits per heavy atom. The largest absolute Gasteiger partial charge is 0.497 e. The summed E-state index contributed by atoms with van der Waals surface area (Å²) >= 11 is 6.26. The van der Waals surface area contributed by atoms with Crippen molar-refractivity contribution in [2.45, 2.75) is 19.0 Å². The van der Waals surface area contributed by atoms with Crippen LogP contribution in [0.2, 0.25) is 0 Å². The summed E-state index contributed by atoms with van der Waals surface area (Å²) in [5.41, 5.74) is 0.624. The Balaban J connectivity index is 1.43. The molecule has 0 spiro atoms. The molecule has 2 saturated heterocycles. The van der Waals surface area contributed by atoms with Crippen molar-refractivity contribution in [1.82, 2.24) is 14.7 Å². The monoisotopic (exact) mass is 606 g/mol. The molecule has 3 unspecified atom stereocenters. The number of methoxy groups -OCH3 is 3. The number of hydrogen-bond donors (Lipinski definition) is 0. The molecule has 0 saturated carbocycles. The first-order valence-corrected chi connectivity index (χ1v) is 14.8. The molecule has 3 atom stereocenters. The minimum absolute atomic E-state index is 0.364. The number of likely N-dealkylation sites (tertiary alicyclic amines) is 1. The lowest BCUT2D eigenvalue weighted by molar-refractivity contribution is 0.0515. The van der Waals surface area contributed by atoms with E-state index in [0.29, 0.717) is 56.1 Å². The van der Waals surface area contributed by atoms with Crippen LogP contribution in [0.3, 0.4) is 0 Å². The summed E-state index contributed by atoms with van der Waals surface area (Å²) in [4.78, 5) is 11.9. The van der Waals surface area contributed by atoms with Crippen molar-refractivity contribution in [3.05, 3.63) is 89.5 Å². The Morgan fingerprint density at radius 2 is 1.36 bits per heavy atom. The molecule has 2 fully saturated rings. The number of aliphatic imine (C=N–C) groups is 1. The van der Waals surface area contributed by atoms with Gasteiger partial charge in [-0.3, -0.25) is 14.8 Å². The number of nitrogens with zero attached hydrogens (tertiary/aromatic N) is 6. The molecule has 0 aliphatic carbocycles. The predicted molar refractivity (Wildman–Crippen MR) is 170 cm³/mol. The first kappa shape index (κ1) is 29.6. The van der Waals surface area contributed by atoms with Gasteiger partial charge in [0, 0.05) is 37.7 Å². The van der Waals surface area contributed by atoms with Crippen LogP contribution in [-0.2, 0) is 13.1 Å². The van der Waals surface area contributed by atoms with E-state index < -0.39 is 16.7 Å². The molecule has 44 heavy (non-hydrogen) atoms. The van der Waals surface area contributed by atoms with Crippen LogP contribution < -0.4 is 14.2 Å². The van der Waals surface area contributed by atoms with Gasteiger partial charge in [0.2, 0.25) is 0 Å². The van der Waals surface area contributed by atoms with Crippen LogP contribution in [0.5, 0.6) is 17.2 Å². The molecular weight excluding hydrogens is 572 g/mol. The molecule has 224 valence electrons. The molecule has 3 aliphatic heterocycles. The van der Waals surface area contributed by atoms with Crippen LogP contribution in [-0.4, -0.2) is 73.3 Å². The van der Waals surface area contributed by atoms with E-state index in [1.165, 1.54) is 0 Å². The van der Waals surface area contributed by atoms with E-state index in [9.17, 15) is 10.5 Å². The van der Waals surface area contributed by atoms with Crippen molar-refractivity contribution in [1.29, 1.82) is 10.5 Å². The zero-order valence-corrected chi connectivity index (χ0v) is 25.9. The third-order valence-corrected chi connectivity index (χ3v) is 9.54. The van der Waals surface area contributed by atoms with E-state index in [0.717, 1.165) is 28.2 Å². The number of benzene rings is 3. The maximum absolute atomic E-state index is 11.2. The molecule has 3 aromatic rings. The molecule has 3 aliphatic rings. The number of amidine groups is 1. The van der Waals surface area contributed by atoms with Crippen molar-refractivity contribution in [3.8, 4) is 29.4 Å². The van der Waals surface area contributed by atoms with E-state index in [1.54, 1.807) is 21.3 Å². The van der Waals surface area contributed by atoms with Crippen LogP contribution in [0.1, 0.15) is 22.6 Å². The van der Waals surface area contributed by atoms with Crippen molar-refractivity contribution in [2.24, 2.45) is 15.8 Å². The second kappa shape index (κ2) is 11.9. The molecule has 0 aromatic heterocycles. The zero-order chi connectivity index (χ0) is 30.9. The third-order valence-electron chi connectivity index (χ3n) is 8.95. The molecule has 0 radical (unpaired) electrons. The lowest BCUT2D eigenvalue weighted by Crippen LogP contribution is -2.73. The highest BCUT2D eigenvalue weighted by Gasteiger charge is 2.68. The maximum atomic E-state index is 11.2. The van der Waals surface area contributed by atoms with Crippen LogP contribution in [0.4, 0.5) is 0 Å². The van der Waals surface area contributed by atoms with Crippen LogP contribution in [0.25, 0.3) is 0 Å². The van der Waals surface area contributed by atoms with E-state index >= 15 is 0 Å². The molecule has 10 heteroatoms. The van der Waals surface area contributed by atoms with Crippen LogP contribution >= 0.6 is 12.2 Å². The van der Waals surface area contributed by atoms with Gasteiger partial charge >= 0.3 is 0 Å². The fourth-order valence-electron chi connectivity index (χ4n) is 7.03. The highest BCUT2D eigenvalue weighted by molar-refractivity contribution is 7.80. The number of fused-ring (bicyclic) bond motifs is 4. The molecule has 6 rings (SSSR count). The summed E-state index contributed by atoms with van der Waals surface area (Å²) < 4.78 is 16.5. The Hall–Kier alpha value is -4.48. The second-order valence-corrected chi connectivity index (χ2v) is 11.9. The fourth-order valence-corrected chi connectivity index (χ4v) is 7.40. The van der Waals surface area contributed by atoms with E-state index in [4.69, 9.17) is 31.4 Å². The highest BCUT2D eigenvalue weighted by atomic mass is 32.1.